The number of aromatic nitrogens is 2. The minimum absolute atomic E-state index is 0.631. The molecule has 0 saturated heterocycles. The molecule has 104 valence electrons. The van der Waals surface area contributed by atoms with Gasteiger partial charge in [0, 0.05) is 5.75 Å². The molecular weight excluding hydrogens is 288 g/mol. The number of thioether (sulfide) groups is 1. The standard InChI is InChI=1S/C14H16N4S2/c1-2-16-14(10-15,12-6-4-3-5-7-12)8-9-19-13-18-17-11-20-13/h3-7,11,16H,2,8-9H2,1H3. The highest BCUT2D eigenvalue weighted by Crippen LogP contribution is 2.29. The van der Waals surface area contributed by atoms with E-state index >= 15 is 0 Å². The Morgan fingerprint density at radius 1 is 1.40 bits per heavy atom. The smallest absolute Gasteiger partial charge is 0.174 e. The van der Waals surface area contributed by atoms with E-state index in [-0.39, 0.29) is 0 Å². The second-order valence-corrected chi connectivity index (χ2v) is 6.39. The number of nitrogens with zero attached hydrogens (tertiary/aromatic N) is 3. The highest BCUT2D eigenvalue weighted by Gasteiger charge is 2.30. The zero-order chi connectivity index (χ0) is 14.3. The number of rotatable bonds is 7. The monoisotopic (exact) mass is 304 g/mol. The molecule has 2 aromatic rings. The van der Waals surface area contributed by atoms with Crippen LogP contribution < -0.4 is 5.32 Å². The van der Waals surface area contributed by atoms with E-state index in [4.69, 9.17) is 0 Å². The molecule has 0 spiro atoms. The molecule has 20 heavy (non-hydrogen) atoms. The fourth-order valence-electron chi connectivity index (χ4n) is 2.04. The van der Waals surface area contributed by atoms with Gasteiger partial charge in [-0.3, -0.25) is 5.32 Å². The first-order valence-electron chi connectivity index (χ1n) is 6.41. The summed E-state index contributed by atoms with van der Waals surface area (Å²) in [6.07, 6.45) is 0.728. The van der Waals surface area contributed by atoms with Crippen LogP contribution in [-0.2, 0) is 5.54 Å². The maximum atomic E-state index is 9.67. The van der Waals surface area contributed by atoms with Gasteiger partial charge in [-0.2, -0.15) is 5.26 Å². The van der Waals surface area contributed by atoms with E-state index in [1.54, 1.807) is 17.3 Å². The van der Waals surface area contributed by atoms with E-state index in [2.05, 4.69) is 21.6 Å². The second-order valence-electron chi connectivity index (χ2n) is 4.22. The molecule has 0 aliphatic heterocycles. The Bertz CT molecular complexity index is 550. The Morgan fingerprint density at radius 2 is 2.20 bits per heavy atom. The lowest BCUT2D eigenvalue weighted by Crippen LogP contribution is -2.41. The van der Waals surface area contributed by atoms with Gasteiger partial charge < -0.3 is 0 Å². The second kappa shape index (κ2) is 7.39. The van der Waals surface area contributed by atoms with E-state index in [0.717, 1.165) is 28.6 Å². The lowest BCUT2D eigenvalue weighted by molar-refractivity contribution is 0.428. The summed E-state index contributed by atoms with van der Waals surface area (Å²) in [7, 11) is 0. The predicted octanol–water partition coefficient (Wildman–Crippen LogP) is 3.05. The first-order chi connectivity index (χ1) is 9.80. The van der Waals surface area contributed by atoms with Crippen LogP contribution in [0.3, 0.4) is 0 Å². The van der Waals surface area contributed by atoms with E-state index in [1.165, 1.54) is 11.3 Å². The van der Waals surface area contributed by atoms with Crippen LogP contribution in [0.4, 0.5) is 0 Å². The Labute approximate surface area is 127 Å². The molecule has 0 fully saturated rings. The quantitative estimate of drug-likeness (QED) is 0.797. The van der Waals surface area contributed by atoms with Crippen molar-refractivity contribution in [2.45, 2.75) is 23.2 Å². The van der Waals surface area contributed by atoms with Crippen molar-refractivity contribution in [2.24, 2.45) is 0 Å². The molecule has 4 nitrogen and oxygen atoms in total. The summed E-state index contributed by atoms with van der Waals surface area (Å²) in [5.74, 6) is 0.824. The number of nitrogens with one attached hydrogen (secondary N) is 1. The van der Waals surface area contributed by atoms with Gasteiger partial charge in [-0.25, -0.2) is 0 Å². The zero-order valence-corrected chi connectivity index (χ0v) is 12.9. The van der Waals surface area contributed by atoms with Gasteiger partial charge >= 0.3 is 0 Å². The third-order valence-electron chi connectivity index (χ3n) is 2.98. The Morgan fingerprint density at radius 3 is 2.80 bits per heavy atom. The minimum Gasteiger partial charge on any atom is -0.296 e. The van der Waals surface area contributed by atoms with Crippen molar-refractivity contribution in [1.82, 2.24) is 15.5 Å². The molecule has 1 unspecified atom stereocenters. The maximum Gasteiger partial charge on any atom is 0.174 e. The van der Waals surface area contributed by atoms with Crippen molar-refractivity contribution in [3.8, 4) is 6.07 Å². The molecule has 0 bridgehead atoms. The lowest BCUT2D eigenvalue weighted by Gasteiger charge is -2.27. The number of benzene rings is 1. The Balaban J connectivity index is 2.09. The molecule has 6 heteroatoms. The van der Waals surface area contributed by atoms with Crippen LogP contribution in [0.1, 0.15) is 18.9 Å². The van der Waals surface area contributed by atoms with Crippen molar-refractivity contribution in [1.29, 1.82) is 5.26 Å². The largest absolute Gasteiger partial charge is 0.296 e. The molecule has 0 saturated carbocycles. The van der Waals surface area contributed by atoms with Crippen LogP contribution in [0.15, 0.2) is 40.2 Å². The van der Waals surface area contributed by atoms with Crippen molar-refractivity contribution >= 4 is 23.1 Å². The molecule has 1 atom stereocenters. The van der Waals surface area contributed by atoms with E-state index < -0.39 is 5.54 Å². The maximum absolute atomic E-state index is 9.67. The zero-order valence-electron chi connectivity index (χ0n) is 11.2. The fourth-order valence-corrected chi connectivity index (χ4v) is 3.65. The van der Waals surface area contributed by atoms with E-state index in [9.17, 15) is 5.26 Å². The van der Waals surface area contributed by atoms with Crippen LogP contribution in [0, 0.1) is 11.3 Å². The van der Waals surface area contributed by atoms with Crippen molar-refractivity contribution < 1.29 is 0 Å². The third-order valence-corrected chi connectivity index (χ3v) is 4.84. The predicted molar refractivity (Wildman–Crippen MR) is 82.7 cm³/mol. The summed E-state index contributed by atoms with van der Waals surface area (Å²) in [4.78, 5) is 0. The minimum atomic E-state index is -0.631. The summed E-state index contributed by atoms with van der Waals surface area (Å²) < 4.78 is 0.946. The average molecular weight is 304 g/mol. The molecule has 1 aromatic heterocycles. The summed E-state index contributed by atoms with van der Waals surface area (Å²) in [5.41, 5.74) is 2.11. The highest BCUT2D eigenvalue weighted by atomic mass is 32.2. The number of hydrogen-bond acceptors (Lipinski definition) is 6. The number of hydrogen-bond donors (Lipinski definition) is 1. The van der Waals surface area contributed by atoms with Crippen LogP contribution in [-0.4, -0.2) is 22.5 Å². The van der Waals surface area contributed by atoms with Crippen molar-refractivity contribution in [2.75, 3.05) is 12.3 Å². The van der Waals surface area contributed by atoms with Crippen molar-refractivity contribution in [3.63, 3.8) is 0 Å². The highest BCUT2D eigenvalue weighted by molar-refractivity contribution is 8.00. The summed E-state index contributed by atoms with van der Waals surface area (Å²) in [6, 6.07) is 12.4. The summed E-state index contributed by atoms with van der Waals surface area (Å²) >= 11 is 3.17. The third kappa shape index (κ3) is 3.57. The fraction of sp³-hybridized carbons (Fsp3) is 0.357. The van der Waals surface area contributed by atoms with Gasteiger partial charge in [-0.05, 0) is 18.5 Å². The van der Waals surface area contributed by atoms with Crippen LogP contribution >= 0.6 is 23.1 Å². The van der Waals surface area contributed by atoms with Gasteiger partial charge in [-0.1, -0.05) is 60.4 Å². The van der Waals surface area contributed by atoms with Crippen molar-refractivity contribution in [3.05, 3.63) is 41.4 Å². The van der Waals surface area contributed by atoms with Gasteiger partial charge in [-0.15, -0.1) is 10.2 Å². The first-order valence-corrected chi connectivity index (χ1v) is 8.28. The molecule has 1 heterocycles. The molecule has 1 N–H and O–H groups in total. The van der Waals surface area contributed by atoms with E-state index in [0.29, 0.717) is 0 Å². The first kappa shape index (κ1) is 15.0. The molecule has 0 aliphatic carbocycles. The SMILES string of the molecule is CCNC(C#N)(CCSc1nncs1)c1ccccc1. The van der Waals surface area contributed by atoms with Gasteiger partial charge in [0.1, 0.15) is 11.0 Å². The molecule has 0 amide bonds. The average Bonchev–Trinajstić information content (AvgIpc) is 3.00. The van der Waals surface area contributed by atoms with Gasteiger partial charge in [0.15, 0.2) is 4.34 Å². The molecular formula is C14H16N4S2. The normalized spacial score (nSPS) is 13.6. The summed E-state index contributed by atoms with van der Waals surface area (Å²) in [5, 5.41) is 20.8. The molecule has 0 radical (unpaired) electrons. The van der Waals surface area contributed by atoms with Crippen LogP contribution in [0.5, 0.6) is 0 Å². The number of nitriles is 1. The van der Waals surface area contributed by atoms with Gasteiger partial charge in [0.05, 0.1) is 6.07 Å². The Kier molecular flexibility index (Phi) is 5.53. The molecule has 0 aliphatic rings. The van der Waals surface area contributed by atoms with Crippen LogP contribution in [0.25, 0.3) is 0 Å². The summed E-state index contributed by atoms with van der Waals surface area (Å²) in [6.45, 7) is 2.78. The van der Waals surface area contributed by atoms with Gasteiger partial charge in [0.25, 0.3) is 0 Å². The topological polar surface area (TPSA) is 61.6 Å². The molecule has 1 aromatic carbocycles. The lowest BCUT2D eigenvalue weighted by atomic mass is 9.88. The van der Waals surface area contributed by atoms with Crippen LogP contribution in [0.2, 0.25) is 0 Å². The van der Waals surface area contributed by atoms with E-state index in [1.807, 2.05) is 37.3 Å². The van der Waals surface area contributed by atoms with Gasteiger partial charge in [0.2, 0.25) is 0 Å². The Hall–Kier alpha value is -1.42. The molecule has 2 rings (SSSR count).